The molecule has 1 aliphatic rings. The van der Waals surface area contributed by atoms with Crippen LogP contribution in [0, 0.1) is 5.82 Å². The Morgan fingerprint density at radius 2 is 1.93 bits per heavy atom. The summed E-state index contributed by atoms with van der Waals surface area (Å²) in [5, 5.41) is 0. The molecule has 0 amide bonds. The number of rotatable bonds is 6. The molecule has 156 valence electrons. The van der Waals surface area contributed by atoms with E-state index in [1.54, 1.807) is 18.2 Å². The van der Waals surface area contributed by atoms with Crippen LogP contribution in [0.4, 0.5) is 4.39 Å². The van der Waals surface area contributed by atoms with Crippen molar-refractivity contribution >= 4 is 31.9 Å². The second-order valence-corrected chi connectivity index (χ2v) is 9.02. The third-order valence-corrected chi connectivity index (χ3v) is 6.76. The van der Waals surface area contributed by atoms with Crippen molar-refractivity contribution < 1.29 is 31.8 Å². The maximum absolute atomic E-state index is 14.3. The molecule has 0 unspecified atom stereocenters. The van der Waals surface area contributed by atoms with Gasteiger partial charge in [0.15, 0.2) is 0 Å². The average molecular weight is 488 g/mol. The molecule has 0 aliphatic carbocycles. The Balaban J connectivity index is 1.80. The Morgan fingerprint density at radius 3 is 2.62 bits per heavy atom. The van der Waals surface area contributed by atoms with E-state index >= 15 is 0 Å². The van der Waals surface area contributed by atoms with Gasteiger partial charge in [0.05, 0.1) is 25.9 Å². The van der Waals surface area contributed by atoms with Gasteiger partial charge < -0.3 is 14.2 Å². The van der Waals surface area contributed by atoms with Gasteiger partial charge in [0.1, 0.15) is 23.1 Å². The Bertz CT molecular complexity index is 1010. The molecule has 1 aliphatic heterocycles. The van der Waals surface area contributed by atoms with Crippen LogP contribution < -0.4 is 4.74 Å². The number of methoxy groups -OCH3 is 1. The normalized spacial score (nSPS) is 15.1. The lowest BCUT2D eigenvalue weighted by atomic mass is 10.2. The van der Waals surface area contributed by atoms with Crippen LogP contribution in [-0.4, -0.2) is 52.1 Å². The van der Waals surface area contributed by atoms with Gasteiger partial charge in [0.25, 0.3) is 0 Å². The van der Waals surface area contributed by atoms with Crippen LogP contribution in [0.1, 0.15) is 15.9 Å². The average Bonchev–Trinajstić information content (AvgIpc) is 2.73. The van der Waals surface area contributed by atoms with E-state index < -0.39 is 26.7 Å². The molecular formula is C19H19BrFNO6S. The van der Waals surface area contributed by atoms with E-state index in [2.05, 4.69) is 15.9 Å². The summed E-state index contributed by atoms with van der Waals surface area (Å²) in [5.41, 5.74) is 0.561. The summed E-state index contributed by atoms with van der Waals surface area (Å²) in [7, 11) is -2.59. The SMILES string of the molecule is COc1ccc(Br)cc1COC(=O)c1ccc(F)c(S(=O)(=O)N2CCOCC2)c1. The van der Waals surface area contributed by atoms with Crippen LogP contribution >= 0.6 is 15.9 Å². The van der Waals surface area contributed by atoms with Crippen LogP contribution in [0.2, 0.25) is 0 Å². The summed E-state index contributed by atoms with van der Waals surface area (Å²) in [5.74, 6) is -1.16. The first-order valence-corrected chi connectivity index (χ1v) is 10.9. The molecule has 1 heterocycles. The summed E-state index contributed by atoms with van der Waals surface area (Å²) in [6.07, 6.45) is 0. The molecule has 1 fully saturated rings. The molecule has 0 spiro atoms. The van der Waals surface area contributed by atoms with E-state index in [1.807, 2.05) is 0 Å². The number of hydrogen-bond acceptors (Lipinski definition) is 6. The van der Waals surface area contributed by atoms with Gasteiger partial charge in [-0.15, -0.1) is 0 Å². The van der Waals surface area contributed by atoms with Gasteiger partial charge in [-0.2, -0.15) is 4.31 Å². The molecule has 2 aromatic carbocycles. The van der Waals surface area contributed by atoms with E-state index in [1.165, 1.54) is 13.2 Å². The van der Waals surface area contributed by atoms with E-state index in [0.717, 1.165) is 20.9 Å². The van der Waals surface area contributed by atoms with Gasteiger partial charge in [-0.25, -0.2) is 17.6 Å². The fourth-order valence-corrected chi connectivity index (χ4v) is 4.75. The summed E-state index contributed by atoms with van der Waals surface area (Å²) >= 11 is 3.34. The molecule has 1 saturated heterocycles. The third kappa shape index (κ3) is 4.95. The molecule has 0 radical (unpaired) electrons. The van der Waals surface area contributed by atoms with E-state index in [-0.39, 0.29) is 38.5 Å². The zero-order chi connectivity index (χ0) is 21.0. The fourth-order valence-electron chi connectivity index (χ4n) is 2.84. The summed E-state index contributed by atoms with van der Waals surface area (Å²) in [6, 6.07) is 8.38. The molecule has 0 N–H and O–H groups in total. The summed E-state index contributed by atoms with van der Waals surface area (Å²) in [4.78, 5) is 11.9. The minimum absolute atomic E-state index is 0.0628. The Kier molecular flexibility index (Phi) is 6.89. The van der Waals surface area contributed by atoms with Crippen molar-refractivity contribution in [1.82, 2.24) is 4.31 Å². The predicted molar refractivity (Wildman–Crippen MR) is 106 cm³/mol. The highest BCUT2D eigenvalue weighted by atomic mass is 79.9. The Labute approximate surface area is 176 Å². The second-order valence-electron chi connectivity index (χ2n) is 6.19. The minimum atomic E-state index is -4.09. The van der Waals surface area contributed by atoms with E-state index in [4.69, 9.17) is 14.2 Å². The van der Waals surface area contributed by atoms with Gasteiger partial charge in [-0.05, 0) is 36.4 Å². The van der Waals surface area contributed by atoms with E-state index in [9.17, 15) is 17.6 Å². The zero-order valence-corrected chi connectivity index (χ0v) is 18.0. The first-order chi connectivity index (χ1) is 13.8. The number of ether oxygens (including phenoxy) is 3. The van der Waals surface area contributed by atoms with Crippen molar-refractivity contribution in [3.63, 3.8) is 0 Å². The number of esters is 1. The fraction of sp³-hybridized carbons (Fsp3) is 0.316. The first-order valence-electron chi connectivity index (χ1n) is 8.70. The van der Waals surface area contributed by atoms with Crippen molar-refractivity contribution in [1.29, 1.82) is 0 Å². The van der Waals surface area contributed by atoms with Crippen LogP contribution in [0.25, 0.3) is 0 Å². The third-order valence-electron chi connectivity index (χ3n) is 4.36. The van der Waals surface area contributed by atoms with Crippen LogP contribution in [0.5, 0.6) is 5.75 Å². The predicted octanol–water partition coefficient (Wildman–Crippen LogP) is 2.97. The molecule has 0 saturated carbocycles. The molecule has 3 rings (SSSR count). The number of carbonyl (C=O) groups excluding carboxylic acids is 1. The van der Waals surface area contributed by atoms with Crippen LogP contribution in [0.3, 0.4) is 0 Å². The highest BCUT2D eigenvalue weighted by molar-refractivity contribution is 9.10. The minimum Gasteiger partial charge on any atom is -0.496 e. The van der Waals surface area contributed by atoms with Crippen molar-refractivity contribution in [3.8, 4) is 5.75 Å². The van der Waals surface area contributed by atoms with Gasteiger partial charge in [-0.3, -0.25) is 0 Å². The molecule has 29 heavy (non-hydrogen) atoms. The molecule has 2 aromatic rings. The standard InChI is InChI=1S/C19H19BrFNO6S/c1-26-17-5-3-15(20)10-14(17)12-28-19(23)13-2-4-16(21)18(11-13)29(24,25)22-6-8-27-9-7-22/h2-5,10-11H,6-9,12H2,1H3. The molecular weight excluding hydrogens is 469 g/mol. The van der Waals surface area contributed by atoms with E-state index in [0.29, 0.717) is 11.3 Å². The number of halogens is 2. The largest absolute Gasteiger partial charge is 0.496 e. The number of benzene rings is 2. The maximum Gasteiger partial charge on any atom is 0.338 e. The van der Waals surface area contributed by atoms with Crippen molar-refractivity contribution in [2.24, 2.45) is 0 Å². The van der Waals surface area contributed by atoms with Crippen molar-refractivity contribution in [2.45, 2.75) is 11.5 Å². The Morgan fingerprint density at radius 1 is 1.21 bits per heavy atom. The molecule has 0 aromatic heterocycles. The number of hydrogen-bond donors (Lipinski definition) is 0. The molecule has 10 heteroatoms. The molecule has 7 nitrogen and oxygen atoms in total. The van der Waals surface area contributed by atoms with Gasteiger partial charge in [0.2, 0.25) is 10.0 Å². The van der Waals surface area contributed by atoms with Gasteiger partial charge >= 0.3 is 5.97 Å². The zero-order valence-electron chi connectivity index (χ0n) is 15.6. The monoisotopic (exact) mass is 487 g/mol. The van der Waals surface area contributed by atoms with Gasteiger partial charge in [0, 0.05) is 23.1 Å². The number of morpholine rings is 1. The van der Waals surface area contributed by atoms with Crippen LogP contribution in [0.15, 0.2) is 45.8 Å². The lowest BCUT2D eigenvalue weighted by Crippen LogP contribution is -2.41. The molecule has 0 bridgehead atoms. The highest BCUT2D eigenvalue weighted by Crippen LogP contribution is 2.25. The summed E-state index contributed by atoms with van der Waals surface area (Å²) in [6.45, 7) is 0.622. The first kappa shape index (κ1) is 21.7. The summed E-state index contributed by atoms with van der Waals surface area (Å²) < 4.78 is 57.3. The number of nitrogens with zero attached hydrogens (tertiary/aromatic N) is 1. The lowest BCUT2D eigenvalue weighted by molar-refractivity contribution is 0.0469. The lowest BCUT2D eigenvalue weighted by Gasteiger charge is -2.26. The quantitative estimate of drug-likeness (QED) is 0.582. The highest BCUT2D eigenvalue weighted by Gasteiger charge is 2.30. The number of carbonyl (C=O) groups is 1. The smallest absolute Gasteiger partial charge is 0.338 e. The maximum atomic E-state index is 14.3. The van der Waals surface area contributed by atoms with Crippen molar-refractivity contribution in [2.75, 3.05) is 33.4 Å². The second kappa shape index (κ2) is 9.21. The van der Waals surface area contributed by atoms with Crippen LogP contribution in [-0.2, 0) is 26.1 Å². The topological polar surface area (TPSA) is 82.1 Å². The van der Waals surface area contributed by atoms with Crippen molar-refractivity contribution in [3.05, 3.63) is 57.8 Å². The molecule has 0 atom stereocenters. The Hall–Kier alpha value is -2.01. The number of sulfonamides is 1. The van der Waals surface area contributed by atoms with Gasteiger partial charge in [-0.1, -0.05) is 15.9 Å².